The number of methoxy groups -OCH3 is 1. The zero-order valence-electron chi connectivity index (χ0n) is 12.9. The van der Waals surface area contributed by atoms with Crippen LogP contribution >= 0.6 is 24.0 Å². The SMILES string of the molecule is COc1c(CN=C(N)NCCC(C)C)c(C)nn1C.I. The van der Waals surface area contributed by atoms with E-state index >= 15 is 0 Å². The lowest BCUT2D eigenvalue weighted by Gasteiger charge is -2.07. The van der Waals surface area contributed by atoms with Crippen molar-refractivity contribution in [2.24, 2.45) is 23.7 Å². The molecular formula is C13H26IN5O. The van der Waals surface area contributed by atoms with Crippen LogP contribution in [0, 0.1) is 12.8 Å². The number of hydrogen-bond acceptors (Lipinski definition) is 3. The first kappa shape index (κ1) is 19.0. The van der Waals surface area contributed by atoms with Gasteiger partial charge in [0.25, 0.3) is 0 Å². The van der Waals surface area contributed by atoms with E-state index in [-0.39, 0.29) is 24.0 Å². The molecule has 1 rings (SSSR count). The third kappa shape index (κ3) is 5.56. The minimum atomic E-state index is 0. The topological polar surface area (TPSA) is 77.5 Å². The maximum atomic E-state index is 5.83. The Kier molecular flexibility index (Phi) is 8.59. The van der Waals surface area contributed by atoms with Crippen LogP contribution < -0.4 is 15.8 Å². The molecule has 0 unspecified atom stereocenters. The van der Waals surface area contributed by atoms with Crippen molar-refractivity contribution in [3.8, 4) is 5.88 Å². The summed E-state index contributed by atoms with van der Waals surface area (Å²) >= 11 is 0. The molecule has 0 spiro atoms. The van der Waals surface area contributed by atoms with E-state index in [0.717, 1.165) is 30.1 Å². The van der Waals surface area contributed by atoms with Gasteiger partial charge in [-0.1, -0.05) is 13.8 Å². The number of aryl methyl sites for hydroxylation is 2. The fraction of sp³-hybridized carbons (Fsp3) is 0.692. The molecule has 7 heteroatoms. The first-order chi connectivity index (χ1) is 8.95. The highest BCUT2D eigenvalue weighted by Gasteiger charge is 2.12. The van der Waals surface area contributed by atoms with Gasteiger partial charge < -0.3 is 15.8 Å². The average Bonchev–Trinajstić information content (AvgIpc) is 2.60. The van der Waals surface area contributed by atoms with Crippen molar-refractivity contribution < 1.29 is 4.74 Å². The molecule has 0 aliphatic rings. The average molecular weight is 395 g/mol. The number of nitrogens with one attached hydrogen (secondary N) is 1. The molecule has 6 nitrogen and oxygen atoms in total. The molecule has 0 aromatic carbocycles. The number of hydrogen-bond donors (Lipinski definition) is 2. The third-order valence-electron chi connectivity index (χ3n) is 2.92. The molecular weight excluding hydrogens is 369 g/mol. The normalized spacial score (nSPS) is 11.4. The zero-order chi connectivity index (χ0) is 14.4. The zero-order valence-corrected chi connectivity index (χ0v) is 15.3. The predicted molar refractivity (Wildman–Crippen MR) is 92.7 cm³/mol. The van der Waals surface area contributed by atoms with Crippen LogP contribution in [0.25, 0.3) is 0 Å². The lowest BCUT2D eigenvalue weighted by molar-refractivity contribution is 0.369. The van der Waals surface area contributed by atoms with Crippen molar-refractivity contribution in [3.63, 3.8) is 0 Å². The van der Waals surface area contributed by atoms with Crippen LogP contribution in [0.4, 0.5) is 0 Å². The fourth-order valence-corrected chi connectivity index (χ4v) is 1.83. The summed E-state index contributed by atoms with van der Waals surface area (Å²) in [5.74, 6) is 1.85. The highest BCUT2D eigenvalue weighted by Crippen LogP contribution is 2.21. The molecule has 0 saturated heterocycles. The Labute approximate surface area is 138 Å². The molecule has 0 aliphatic carbocycles. The summed E-state index contributed by atoms with van der Waals surface area (Å²) in [6, 6.07) is 0. The highest BCUT2D eigenvalue weighted by molar-refractivity contribution is 14.0. The molecule has 0 fully saturated rings. The Hall–Kier alpha value is -0.990. The summed E-state index contributed by atoms with van der Waals surface area (Å²) < 4.78 is 7.02. The number of halogens is 1. The maximum Gasteiger partial charge on any atom is 0.216 e. The van der Waals surface area contributed by atoms with Gasteiger partial charge in [0.15, 0.2) is 5.96 Å². The van der Waals surface area contributed by atoms with Gasteiger partial charge in [-0.2, -0.15) is 5.10 Å². The second kappa shape index (κ2) is 9.04. The first-order valence-corrected chi connectivity index (χ1v) is 6.56. The van der Waals surface area contributed by atoms with Gasteiger partial charge in [0.1, 0.15) is 0 Å². The van der Waals surface area contributed by atoms with Crippen LogP contribution in [-0.2, 0) is 13.6 Å². The molecule has 1 aromatic heterocycles. The van der Waals surface area contributed by atoms with Crippen molar-refractivity contribution in [3.05, 3.63) is 11.3 Å². The number of nitrogens with two attached hydrogens (primary N) is 1. The molecule has 1 aromatic rings. The Morgan fingerprint density at radius 2 is 2.15 bits per heavy atom. The molecule has 0 radical (unpaired) electrons. The van der Waals surface area contributed by atoms with Gasteiger partial charge in [0, 0.05) is 13.6 Å². The van der Waals surface area contributed by atoms with E-state index in [2.05, 4.69) is 29.3 Å². The number of rotatable bonds is 6. The molecule has 0 atom stereocenters. The van der Waals surface area contributed by atoms with Crippen LogP contribution in [0.1, 0.15) is 31.5 Å². The second-order valence-electron chi connectivity index (χ2n) is 5.01. The van der Waals surface area contributed by atoms with E-state index in [0.29, 0.717) is 18.4 Å². The van der Waals surface area contributed by atoms with Gasteiger partial charge in [-0.05, 0) is 19.3 Å². The molecule has 0 saturated carbocycles. The number of guanidine groups is 1. The Bertz CT molecular complexity index is 442. The number of aromatic nitrogens is 2. The van der Waals surface area contributed by atoms with E-state index in [1.807, 2.05) is 14.0 Å². The Morgan fingerprint density at radius 3 is 2.70 bits per heavy atom. The van der Waals surface area contributed by atoms with Gasteiger partial charge in [-0.15, -0.1) is 24.0 Å². The highest BCUT2D eigenvalue weighted by atomic mass is 127. The molecule has 20 heavy (non-hydrogen) atoms. The van der Waals surface area contributed by atoms with E-state index in [4.69, 9.17) is 10.5 Å². The number of nitrogens with zero attached hydrogens (tertiary/aromatic N) is 3. The molecule has 116 valence electrons. The van der Waals surface area contributed by atoms with Crippen LogP contribution in [0.5, 0.6) is 5.88 Å². The Balaban J connectivity index is 0.00000361. The summed E-state index contributed by atoms with van der Waals surface area (Å²) in [5.41, 5.74) is 7.71. The summed E-state index contributed by atoms with van der Waals surface area (Å²) in [4.78, 5) is 4.32. The monoisotopic (exact) mass is 395 g/mol. The van der Waals surface area contributed by atoms with E-state index in [1.54, 1.807) is 11.8 Å². The van der Waals surface area contributed by atoms with Gasteiger partial charge in [0.2, 0.25) is 5.88 Å². The van der Waals surface area contributed by atoms with E-state index in [9.17, 15) is 0 Å². The van der Waals surface area contributed by atoms with Gasteiger partial charge in [0.05, 0.1) is 24.9 Å². The molecule has 3 N–H and O–H groups in total. The van der Waals surface area contributed by atoms with Gasteiger partial charge in [-0.3, -0.25) is 0 Å². The van der Waals surface area contributed by atoms with Crippen LogP contribution in [0.15, 0.2) is 4.99 Å². The molecule has 0 aliphatic heterocycles. The van der Waals surface area contributed by atoms with Crippen molar-refractivity contribution in [2.75, 3.05) is 13.7 Å². The molecule has 0 bridgehead atoms. The fourth-order valence-electron chi connectivity index (χ4n) is 1.83. The third-order valence-corrected chi connectivity index (χ3v) is 2.92. The van der Waals surface area contributed by atoms with Crippen LogP contribution in [-0.4, -0.2) is 29.4 Å². The Morgan fingerprint density at radius 1 is 1.50 bits per heavy atom. The lowest BCUT2D eigenvalue weighted by Crippen LogP contribution is -2.32. The quantitative estimate of drug-likeness (QED) is 0.438. The largest absolute Gasteiger partial charge is 0.481 e. The number of aliphatic imine (C=N–C) groups is 1. The van der Waals surface area contributed by atoms with Crippen LogP contribution in [0.2, 0.25) is 0 Å². The predicted octanol–water partition coefficient (Wildman–Crippen LogP) is 1.81. The maximum absolute atomic E-state index is 5.83. The lowest BCUT2D eigenvalue weighted by atomic mass is 10.1. The smallest absolute Gasteiger partial charge is 0.216 e. The van der Waals surface area contributed by atoms with Crippen molar-refractivity contribution in [1.82, 2.24) is 15.1 Å². The summed E-state index contributed by atoms with van der Waals surface area (Å²) in [6.07, 6.45) is 1.07. The van der Waals surface area contributed by atoms with Crippen molar-refractivity contribution in [1.29, 1.82) is 0 Å². The van der Waals surface area contributed by atoms with Crippen molar-refractivity contribution in [2.45, 2.75) is 33.7 Å². The summed E-state index contributed by atoms with van der Waals surface area (Å²) in [6.45, 7) is 7.62. The van der Waals surface area contributed by atoms with Gasteiger partial charge in [-0.25, -0.2) is 9.67 Å². The van der Waals surface area contributed by atoms with E-state index in [1.165, 1.54) is 0 Å². The second-order valence-corrected chi connectivity index (χ2v) is 5.01. The summed E-state index contributed by atoms with van der Waals surface area (Å²) in [5, 5.41) is 7.41. The summed E-state index contributed by atoms with van der Waals surface area (Å²) in [7, 11) is 3.48. The standard InChI is InChI=1S/C13H25N5O.HI/c1-9(2)6-7-15-13(14)16-8-11-10(3)17-18(4)12(11)19-5;/h9H,6-8H2,1-5H3,(H3,14,15,16);1H. The minimum absolute atomic E-state index is 0. The number of ether oxygens (including phenoxy) is 1. The minimum Gasteiger partial charge on any atom is -0.481 e. The van der Waals surface area contributed by atoms with E-state index < -0.39 is 0 Å². The molecule has 1 heterocycles. The van der Waals surface area contributed by atoms with Crippen LogP contribution in [0.3, 0.4) is 0 Å². The van der Waals surface area contributed by atoms with Crippen molar-refractivity contribution >= 4 is 29.9 Å². The molecule has 0 amide bonds. The van der Waals surface area contributed by atoms with Gasteiger partial charge >= 0.3 is 0 Å². The first-order valence-electron chi connectivity index (χ1n) is 6.56.